The highest BCUT2D eigenvalue weighted by Crippen LogP contribution is 2.19. The molecule has 21 heavy (non-hydrogen) atoms. The summed E-state index contributed by atoms with van der Waals surface area (Å²) in [6.45, 7) is 4.22. The fourth-order valence-electron chi connectivity index (χ4n) is 2.38. The van der Waals surface area contributed by atoms with Crippen molar-refractivity contribution in [3.8, 4) is 0 Å². The molecule has 0 aliphatic carbocycles. The molecular weight excluding hydrogens is 282 g/mol. The van der Waals surface area contributed by atoms with Crippen molar-refractivity contribution in [1.82, 2.24) is 20.0 Å². The number of aromatic nitrogens is 2. The first-order valence-corrected chi connectivity index (χ1v) is 6.72. The molecule has 0 radical (unpaired) electrons. The molecule has 0 spiro atoms. The van der Waals surface area contributed by atoms with Crippen LogP contribution >= 0.6 is 0 Å². The normalized spacial score (nSPS) is 18.9. The third-order valence-electron chi connectivity index (χ3n) is 3.49. The molecule has 0 aromatic carbocycles. The van der Waals surface area contributed by atoms with Gasteiger partial charge in [-0.15, -0.1) is 0 Å². The summed E-state index contributed by atoms with van der Waals surface area (Å²) in [5.74, 6) is -0.564. The number of nitrogens with one attached hydrogen (secondary N) is 1. The molecule has 2 heterocycles. The van der Waals surface area contributed by atoms with Gasteiger partial charge in [0.25, 0.3) is 12.3 Å². The van der Waals surface area contributed by atoms with Gasteiger partial charge in [0.1, 0.15) is 5.69 Å². The SMILES string of the molecule is CC(C)N1C[C@@H](NC(=O)c2cc(C(F)F)n(C)n2)CC1=O. The zero-order chi connectivity index (χ0) is 15.7. The van der Waals surface area contributed by atoms with Gasteiger partial charge >= 0.3 is 0 Å². The molecule has 0 bridgehead atoms. The number of hydrogen-bond acceptors (Lipinski definition) is 3. The number of amides is 2. The molecule has 1 aromatic heterocycles. The summed E-state index contributed by atoms with van der Waals surface area (Å²) in [7, 11) is 1.36. The molecule has 1 aliphatic rings. The van der Waals surface area contributed by atoms with E-state index in [2.05, 4.69) is 10.4 Å². The van der Waals surface area contributed by atoms with Gasteiger partial charge in [-0.1, -0.05) is 0 Å². The lowest BCUT2D eigenvalue weighted by Gasteiger charge is -2.20. The Morgan fingerprint density at radius 2 is 2.14 bits per heavy atom. The van der Waals surface area contributed by atoms with E-state index in [-0.39, 0.29) is 35.8 Å². The summed E-state index contributed by atoms with van der Waals surface area (Å²) in [6.07, 6.45) is -2.47. The molecule has 2 rings (SSSR count). The van der Waals surface area contributed by atoms with Crippen molar-refractivity contribution in [3.05, 3.63) is 17.5 Å². The number of aryl methyl sites for hydroxylation is 1. The summed E-state index contributed by atoms with van der Waals surface area (Å²) < 4.78 is 26.3. The molecule has 6 nitrogen and oxygen atoms in total. The maximum absolute atomic E-state index is 12.7. The van der Waals surface area contributed by atoms with Gasteiger partial charge in [-0.05, 0) is 19.9 Å². The minimum atomic E-state index is -2.69. The second kappa shape index (κ2) is 5.79. The molecule has 116 valence electrons. The quantitative estimate of drug-likeness (QED) is 0.905. The summed E-state index contributed by atoms with van der Waals surface area (Å²) in [5, 5.41) is 6.44. The molecule has 2 amide bonds. The number of halogens is 2. The first-order valence-electron chi connectivity index (χ1n) is 6.72. The number of likely N-dealkylation sites (tertiary alicyclic amines) is 1. The molecule has 8 heteroatoms. The fourth-order valence-corrected chi connectivity index (χ4v) is 2.38. The minimum absolute atomic E-state index is 0.0235. The third kappa shape index (κ3) is 3.20. The fraction of sp³-hybridized carbons (Fsp3) is 0.615. The highest BCUT2D eigenvalue weighted by molar-refractivity contribution is 5.93. The molecule has 1 aliphatic heterocycles. The van der Waals surface area contributed by atoms with Crippen molar-refractivity contribution in [2.24, 2.45) is 7.05 Å². The van der Waals surface area contributed by atoms with Crippen LogP contribution in [0.4, 0.5) is 8.78 Å². The Labute approximate surface area is 121 Å². The Bertz CT molecular complexity index is 556. The van der Waals surface area contributed by atoms with Crippen LogP contribution in [0.3, 0.4) is 0 Å². The lowest BCUT2D eigenvalue weighted by atomic mass is 10.2. The Balaban J connectivity index is 2.03. The maximum Gasteiger partial charge on any atom is 0.280 e. The molecule has 1 N–H and O–H groups in total. The van der Waals surface area contributed by atoms with Gasteiger partial charge in [0.15, 0.2) is 5.69 Å². The molecule has 1 saturated heterocycles. The summed E-state index contributed by atoms with van der Waals surface area (Å²) in [5.41, 5.74) is -0.380. The standard InChI is InChI=1S/C13H18F2N4O2/c1-7(2)19-6-8(4-11(19)20)16-13(21)9-5-10(12(14)15)18(3)17-9/h5,7-8,12H,4,6H2,1-3H3,(H,16,21)/t8-/m0/s1. The molecule has 1 atom stereocenters. The average molecular weight is 300 g/mol. The van der Waals surface area contributed by atoms with Crippen LogP contribution in [-0.2, 0) is 11.8 Å². The minimum Gasteiger partial charge on any atom is -0.346 e. The zero-order valence-corrected chi connectivity index (χ0v) is 12.1. The maximum atomic E-state index is 12.7. The van der Waals surface area contributed by atoms with E-state index < -0.39 is 12.3 Å². The van der Waals surface area contributed by atoms with Crippen molar-refractivity contribution < 1.29 is 18.4 Å². The third-order valence-corrected chi connectivity index (χ3v) is 3.49. The van der Waals surface area contributed by atoms with E-state index in [1.165, 1.54) is 7.05 Å². The number of hydrogen-bond donors (Lipinski definition) is 1. The first-order chi connectivity index (χ1) is 9.79. The first kappa shape index (κ1) is 15.4. The largest absolute Gasteiger partial charge is 0.346 e. The number of carbonyl (C=O) groups is 2. The van der Waals surface area contributed by atoms with Gasteiger partial charge in [0, 0.05) is 26.1 Å². The van der Waals surface area contributed by atoms with Crippen LogP contribution in [0.15, 0.2) is 6.07 Å². The monoisotopic (exact) mass is 300 g/mol. The van der Waals surface area contributed by atoms with Gasteiger partial charge in [0.05, 0.1) is 6.04 Å². The van der Waals surface area contributed by atoms with E-state index in [0.717, 1.165) is 10.7 Å². The second-order valence-electron chi connectivity index (χ2n) is 5.39. The average Bonchev–Trinajstić information content (AvgIpc) is 2.92. The molecule has 1 fully saturated rings. The lowest BCUT2D eigenvalue weighted by Crippen LogP contribution is -2.39. The van der Waals surface area contributed by atoms with E-state index in [1.54, 1.807) is 4.90 Å². The Morgan fingerprint density at radius 1 is 1.48 bits per heavy atom. The Kier molecular flexibility index (Phi) is 4.24. The van der Waals surface area contributed by atoms with Gasteiger partial charge in [0.2, 0.25) is 5.91 Å². The molecule has 0 unspecified atom stereocenters. The van der Waals surface area contributed by atoms with Crippen LogP contribution in [0.2, 0.25) is 0 Å². The summed E-state index contributed by atoms with van der Waals surface area (Å²) in [4.78, 5) is 25.4. The predicted octanol–water partition coefficient (Wildman–Crippen LogP) is 1.10. The van der Waals surface area contributed by atoms with E-state index in [9.17, 15) is 18.4 Å². The van der Waals surface area contributed by atoms with Gasteiger partial charge in [-0.3, -0.25) is 14.3 Å². The molecule has 1 aromatic rings. The van der Waals surface area contributed by atoms with E-state index in [4.69, 9.17) is 0 Å². The smallest absolute Gasteiger partial charge is 0.280 e. The van der Waals surface area contributed by atoms with Crippen molar-refractivity contribution in [3.63, 3.8) is 0 Å². The van der Waals surface area contributed by atoms with Crippen LogP contribution < -0.4 is 5.32 Å². The summed E-state index contributed by atoms with van der Waals surface area (Å²) in [6, 6.07) is 0.820. The van der Waals surface area contributed by atoms with Crippen LogP contribution in [0.1, 0.15) is 42.9 Å². The molecular formula is C13H18F2N4O2. The predicted molar refractivity (Wildman–Crippen MR) is 70.9 cm³/mol. The van der Waals surface area contributed by atoms with Gasteiger partial charge < -0.3 is 10.2 Å². The van der Waals surface area contributed by atoms with Crippen LogP contribution in [0, 0.1) is 0 Å². The zero-order valence-electron chi connectivity index (χ0n) is 12.1. The Hall–Kier alpha value is -1.99. The highest BCUT2D eigenvalue weighted by atomic mass is 19.3. The van der Waals surface area contributed by atoms with Gasteiger partial charge in [-0.25, -0.2) is 8.78 Å². The van der Waals surface area contributed by atoms with Gasteiger partial charge in [-0.2, -0.15) is 5.10 Å². The van der Waals surface area contributed by atoms with Crippen LogP contribution in [0.5, 0.6) is 0 Å². The van der Waals surface area contributed by atoms with Crippen LogP contribution in [0.25, 0.3) is 0 Å². The second-order valence-corrected chi connectivity index (χ2v) is 5.39. The van der Waals surface area contributed by atoms with E-state index >= 15 is 0 Å². The summed E-state index contributed by atoms with van der Waals surface area (Å²) >= 11 is 0. The number of alkyl halides is 2. The Morgan fingerprint density at radius 3 is 2.62 bits per heavy atom. The topological polar surface area (TPSA) is 67.2 Å². The van der Waals surface area contributed by atoms with Crippen molar-refractivity contribution in [1.29, 1.82) is 0 Å². The number of nitrogens with zero attached hydrogens (tertiary/aromatic N) is 3. The van der Waals surface area contributed by atoms with Crippen LogP contribution in [-0.4, -0.2) is 45.1 Å². The van der Waals surface area contributed by atoms with E-state index in [1.807, 2.05) is 13.8 Å². The van der Waals surface area contributed by atoms with Crippen molar-refractivity contribution in [2.45, 2.75) is 38.8 Å². The number of carbonyl (C=O) groups excluding carboxylic acids is 2. The number of rotatable bonds is 4. The molecule has 0 saturated carbocycles. The lowest BCUT2D eigenvalue weighted by molar-refractivity contribution is -0.129. The highest BCUT2D eigenvalue weighted by Gasteiger charge is 2.32. The van der Waals surface area contributed by atoms with Crippen molar-refractivity contribution >= 4 is 11.8 Å². The van der Waals surface area contributed by atoms with Crippen molar-refractivity contribution in [2.75, 3.05) is 6.54 Å². The van der Waals surface area contributed by atoms with E-state index in [0.29, 0.717) is 6.54 Å².